The van der Waals surface area contributed by atoms with E-state index in [2.05, 4.69) is 71.7 Å². The van der Waals surface area contributed by atoms with E-state index in [0.29, 0.717) is 11.2 Å². The fourth-order valence-electron chi connectivity index (χ4n) is 5.30. The minimum atomic E-state index is -0.0787. The zero-order valence-corrected chi connectivity index (χ0v) is 22.6. The largest absolute Gasteiger partial charge is 0.497 e. The molecule has 2 atom stereocenters. The van der Waals surface area contributed by atoms with Crippen molar-refractivity contribution in [3.63, 3.8) is 0 Å². The van der Waals surface area contributed by atoms with Gasteiger partial charge in [0.15, 0.2) is 5.11 Å². The second kappa shape index (κ2) is 10.3. The molecule has 2 aromatic carbocycles. The highest BCUT2D eigenvalue weighted by molar-refractivity contribution is 7.80. The maximum absolute atomic E-state index is 6.05. The molecule has 5 rings (SSSR count). The van der Waals surface area contributed by atoms with Crippen molar-refractivity contribution >= 4 is 23.0 Å². The van der Waals surface area contributed by atoms with Gasteiger partial charge in [-0.15, -0.1) is 0 Å². The molecular weight excluding hydrogens is 480 g/mol. The predicted molar refractivity (Wildman–Crippen MR) is 152 cm³/mol. The van der Waals surface area contributed by atoms with Crippen LogP contribution in [0.4, 0.5) is 5.69 Å². The molecule has 0 radical (unpaired) electrons. The van der Waals surface area contributed by atoms with Crippen LogP contribution in [-0.2, 0) is 0 Å². The van der Waals surface area contributed by atoms with Crippen molar-refractivity contribution in [3.8, 4) is 17.2 Å². The molecule has 4 aromatic rings. The van der Waals surface area contributed by atoms with E-state index in [9.17, 15) is 0 Å². The Kier molecular flexibility index (Phi) is 6.89. The average Bonchev–Trinajstić information content (AvgIpc) is 3.40. The van der Waals surface area contributed by atoms with Gasteiger partial charge in [0, 0.05) is 29.3 Å². The van der Waals surface area contributed by atoms with Gasteiger partial charge in [-0.1, -0.05) is 6.07 Å². The Balaban J connectivity index is 1.51. The molecule has 1 saturated heterocycles. The quantitative estimate of drug-likeness (QED) is 0.268. The van der Waals surface area contributed by atoms with Crippen molar-refractivity contribution in [2.45, 2.75) is 45.8 Å². The van der Waals surface area contributed by atoms with Crippen molar-refractivity contribution < 1.29 is 9.47 Å². The molecule has 7 heteroatoms. The normalized spacial score (nSPS) is 17.2. The van der Waals surface area contributed by atoms with E-state index in [-0.39, 0.29) is 12.1 Å². The van der Waals surface area contributed by atoms with Gasteiger partial charge >= 0.3 is 0 Å². The summed E-state index contributed by atoms with van der Waals surface area (Å²) in [6.07, 6.45) is 1.84. The Labute approximate surface area is 223 Å². The lowest BCUT2D eigenvalue weighted by molar-refractivity contribution is 0.413. The van der Waals surface area contributed by atoms with Gasteiger partial charge in [0.1, 0.15) is 17.2 Å². The number of aromatic nitrogens is 2. The number of ether oxygens (including phenoxy) is 2. The maximum Gasteiger partial charge on any atom is 0.174 e. The third-order valence-corrected chi connectivity index (χ3v) is 7.18. The molecule has 0 saturated carbocycles. The molecule has 3 heterocycles. The number of rotatable bonds is 7. The van der Waals surface area contributed by atoms with Crippen molar-refractivity contribution in [1.29, 1.82) is 0 Å². The number of methoxy groups -OCH3 is 1. The number of thiocarbonyl (C=S) groups is 1. The number of nitrogens with zero attached hydrogens (tertiary/aromatic N) is 3. The molecule has 1 aliphatic heterocycles. The lowest BCUT2D eigenvalue weighted by Crippen LogP contribution is -2.29. The average molecular weight is 513 g/mol. The monoisotopic (exact) mass is 512 g/mol. The summed E-state index contributed by atoms with van der Waals surface area (Å²) in [4.78, 5) is 6.89. The number of hydrogen-bond donors (Lipinski definition) is 1. The summed E-state index contributed by atoms with van der Waals surface area (Å²) in [6, 6.07) is 24.2. The topological polar surface area (TPSA) is 51.6 Å². The fourth-order valence-corrected chi connectivity index (χ4v) is 5.65. The summed E-state index contributed by atoms with van der Waals surface area (Å²) < 4.78 is 13.7. The van der Waals surface area contributed by atoms with Crippen LogP contribution < -0.4 is 19.7 Å². The summed E-state index contributed by atoms with van der Waals surface area (Å²) >= 11 is 5.91. The van der Waals surface area contributed by atoms with Gasteiger partial charge in [-0.2, -0.15) is 0 Å². The van der Waals surface area contributed by atoms with Gasteiger partial charge in [0.05, 0.1) is 24.9 Å². The second-order valence-corrected chi connectivity index (χ2v) is 9.95. The molecule has 37 heavy (non-hydrogen) atoms. The molecular formula is C30H32N4O2S. The van der Waals surface area contributed by atoms with E-state index >= 15 is 0 Å². The third kappa shape index (κ3) is 4.79. The van der Waals surface area contributed by atoms with E-state index < -0.39 is 0 Å². The Bertz CT molecular complexity index is 1380. The number of benzene rings is 2. The third-order valence-electron chi connectivity index (χ3n) is 6.87. The van der Waals surface area contributed by atoms with Crippen molar-refractivity contribution in [2.75, 3.05) is 12.0 Å². The van der Waals surface area contributed by atoms with Crippen LogP contribution in [0, 0.1) is 13.8 Å². The summed E-state index contributed by atoms with van der Waals surface area (Å²) in [6.45, 7) is 8.81. The van der Waals surface area contributed by atoms with Crippen LogP contribution in [-0.4, -0.2) is 21.8 Å². The highest BCUT2D eigenvalue weighted by Crippen LogP contribution is 2.44. The van der Waals surface area contributed by atoms with Gasteiger partial charge in [-0.05, 0) is 112 Å². The molecule has 0 amide bonds. The van der Waals surface area contributed by atoms with E-state index in [0.717, 1.165) is 28.6 Å². The van der Waals surface area contributed by atoms with E-state index in [1.165, 1.54) is 17.0 Å². The van der Waals surface area contributed by atoms with Gasteiger partial charge in [-0.3, -0.25) is 4.98 Å². The highest BCUT2D eigenvalue weighted by Gasteiger charge is 2.42. The first-order valence-electron chi connectivity index (χ1n) is 12.5. The van der Waals surface area contributed by atoms with Crippen LogP contribution >= 0.6 is 12.2 Å². The first kappa shape index (κ1) is 24.8. The molecule has 6 nitrogen and oxygen atoms in total. The van der Waals surface area contributed by atoms with Gasteiger partial charge in [-0.25, -0.2) is 0 Å². The lowest BCUT2D eigenvalue weighted by Gasteiger charge is -2.28. The number of anilines is 1. The van der Waals surface area contributed by atoms with Crippen molar-refractivity contribution in [1.82, 2.24) is 14.9 Å². The summed E-state index contributed by atoms with van der Waals surface area (Å²) in [5.41, 5.74) is 5.69. The lowest BCUT2D eigenvalue weighted by atomic mass is 9.96. The Morgan fingerprint density at radius 2 is 1.57 bits per heavy atom. The molecule has 2 aromatic heterocycles. The molecule has 0 spiro atoms. The summed E-state index contributed by atoms with van der Waals surface area (Å²) in [5, 5.41) is 4.24. The Morgan fingerprint density at radius 3 is 2.14 bits per heavy atom. The molecule has 190 valence electrons. The molecule has 0 aliphatic carbocycles. The van der Waals surface area contributed by atoms with Crippen LogP contribution in [0.3, 0.4) is 0 Å². The number of nitrogens with one attached hydrogen (secondary N) is 1. The van der Waals surface area contributed by atoms with Gasteiger partial charge < -0.3 is 24.3 Å². The van der Waals surface area contributed by atoms with Gasteiger partial charge in [0.25, 0.3) is 0 Å². The molecule has 1 aliphatic rings. The minimum Gasteiger partial charge on any atom is -0.497 e. The van der Waals surface area contributed by atoms with E-state index in [4.69, 9.17) is 21.7 Å². The SMILES string of the molecule is COc1ccc(Oc2ccc(N3C(=S)N[C@@H](c4ccccn4)[C@H]3c3cc(C)n(C(C)C)c3C)cc2)cc1. The van der Waals surface area contributed by atoms with Crippen LogP contribution in [0.2, 0.25) is 0 Å². The highest BCUT2D eigenvalue weighted by atomic mass is 32.1. The van der Waals surface area contributed by atoms with Crippen molar-refractivity contribution in [2.24, 2.45) is 0 Å². The van der Waals surface area contributed by atoms with Crippen LogP contribution in [0.5, 0.6) is 17.2 Å². The molecule has 1 N–H and O–H groups in total. The molecule has 0 unspecified atom stereocenters. The number of aryl methyl sites for hydroxylation is 1. The van der Waals surface area contributed by atoms with Gasteiger partial charge in [0.2, 0.25) is 0 Å². The predicted octanol–water partition coefficient (Wildman–Crippen LogP) is 7.06. The Morgan fingerprint density at radius 1 is 0.919 bits per heavy atom. The first-order chi connectivity index (χ1) is 17.9. The number of pyridine rings is 1. The summed E-state index contributed by atoms with van der Waals surface area (Å²) in [5.74, 6) is 2.30. The van der Waals surface area contributed by atoms with Crippen molar-refractivity contribution in [3.05, 3.63) is 102 Å². The Hall–Kier alpha value is -3.84. The summed E-state index contributed by atoms with van der Waals surface area (Å²) in [7, 11) is 1.65. The molecule has 1 fully saturated rings. The minimum absolute atomic E-state index is 0.0468. The van der Waals surface area contributed by atoms with Crippen LogP contribution in [0.25, 0.3) is 0 Å². The fraction of sp³-hybridized carbons (Fsp3) is 0.267. The van der Waals surface area contributed by atoms with E-state index in [1.54, 1.807) is 7.11 Å². The van der Waals surface area contributed by atoms with Crippen LogP contribution in [0.15, 0.2) is 79.0 Å². The van der Waals surface area contributed by atoms with Crippen LogP contribution in [0.1, 0.15) is 54.6 Å². The van der Waals surface area contributed by atoms with E-state index in [1.807, 2.05) is 54.7 Å². The zero-order chi connectivity index (χ0) is 26.1. The standard InChI is InChI=1S/C30H32N4O2S/c1-19(2)33-20(3)18-26(21(33)4)29-28(27-8-6-7-17-31-27)32-30(37)34(29)22-9-11-24(12-10-22)36-25-15-13-23(35-5)14-16-25/h6-19,28-29H,1-5H3,(H,32,37)/t28-,29+/m0/s1. The number of hydrogen-bond acceptors (Lipinski definition) is 4. The maximum atomic E-state index is 6.05. The molecule has 0 bridgehead atoms. The first-order valence-corrected chi connectivity index (χ1v) is 12.9. The second-order valence-electron chi connectivity index (χ2n) is 9.56. The zero-order valence-electron chi connectivity index (χ0n) is 21.8. The smallest absolute Gasteiger partial charge is 0.174 e.